The van der Waals surface area contributed by atoms with Crippen LogP contribution in [-0.4, -0.2) is 14.2 Å². The van der Waals surface area contributed by atoms with Crippen molar-refractivity contribution in [2.24, 2.45) is 0 Å². The van der Waals surface area contributed by atoms with Crippen LogP contribution >= 0.6 is 11.3 Å². The third-order valence-electron chi connectivity index (χ3n) is 3.60. The van der Waals surface area contributed by atoms with Gasteiger partial charge >= 0.3 is 10.1 Å². The second-order valence-electron chi connectivity index (χ2n) is 5.59. The summed E-state index contributed by atoms with van der Waals surface area (Å²) < 4.78 is 29.7. The smallest absolute Gasteiger partial charge is 0.339 e. The van der Waals surface area contributed by atoms with Crippen LogP contribution in [0.5, 0.6) is 5.75 Å². The minimum atomic E-state index is -3.90. The molecule has 3 rings (SSSR count). The molecule has 0 aliphatic rings. The fraction of sp³-hybridized carbons (Fsp3) is 0.0500. The standard InChI is InChI=1S/C20H16O4S2/c1-15-4-11-19(12-5-15)26(22,23)24-17-8-6-16(7-9-17)20(21)13-10-18-3-2-14-25-18/h2-14H,1H3/b13-10+. The number of ketones is 1. The van der Waals surface area contributed by atoms with Crippen molar-refractivity contribution in [1.82, 2.24) is 0 Å². The van der Waals surface area contributed by atoms with Gasteiger partial charge in [-0.05, 0) is 66.9 Å². The number of benzene rings is 2. The van der Waals surface area contributed by atoms with Crippen molar-refractivity contribution >= 4 is 33.3 Å². The Balaban J connectivity index is 1.71. The van der Waals surface area contributed by atoms with Gasteiger partial charge in [0.05, 0.1) is 0 Å². The van der Waals surface area contributed by atoms with E-state index in [4.69, 9.17) is 4.18 Å². The molecule has 132 valence electrons. The van der Waals surface area contributed by atoms with Crippen LogP contribution in [0.15, 0.2) is 77.0 Å². The minimum absolute atomic E-state index is 0.0853. The summed E-state index contributed by atoms with van der Waals surface area (Å²) in [5, 5.41) is 1.94. The zero-order chi connectivity index (χ0) is 18.6. The van der Waals surface area contributed by atoms with Gasteiger partial charge < -0.3 is 4.18 Å². The maximum atomic E-state index is 12.3. The molecule has 0 aliphatic carbocycles. The Hall–Kier alpha value is -2.70. The van der Waals surface area contributed by atoms with Crippen LogP contribution in [0.3, 0.4) is 0 Å². The van der Waals surface area contributed by atoms with Gasteiger partial charge in [0.25, 0.3) is 0 Å². The molecule has 0 fully saturated rings. The summed E-state index contributed by atoms with van der Waals surface area (Å²) in [6.07, 6.45) is 3.24. The maximum Gasteiger partial charge on any atom is 0.339 e. The lowest BCUT2D eigenvalue weighted by atomic mass is 10.1. The van der Waals surface area contributed by atoms with E-state index in [0.717, 1.165) is 10.4 Å². The highest BCUT2D eigenvalue weighted by molar-refractivity contribution is 7.87. The first-order valence-electron chi connectivity index (χ1n) is 7.81. The number of hydrogen-bond acceptors (Lipinski definition) is 5. The highest BCUT2D eigenvalue weighted by Gasteiger charge is 2.16. The molecule has 0 unspecified atom stereocenters. The predicted octanol–water partition coefficient (Wildman–Crippen LogP) is 4.72. The van der Waals surface area contributed by atoms with Crippen molar-refractivity contribution in [2.75, 3.05) is 0 Å². The molecular formula is C20H16O4S2. The molecule has 0 saturated heterocycles. The van der Waals surface area contributed by atoms with E-state index in [0.29, 0.717) is 5.56 Å². The van der Waals surface area contributed by atoms with Gasteiger partial charge in [-0.15, -0.1) is 11.3 Å². The molecule has 2 aromatic carbocycles. The van der Waals surface area contributed by atoms with Crippen molar-refractivity contribution < 1.29 is 17.4 Å². The molecule has 0 atom stereocenters. The molecule has 0 N–H and O–H groups in total. The summed E-state index contributed by atoms with van der Waals surface area (Å²) in [6, 6.07) is 16.3. The van der Waals surface area contributed by atoms with E-state index < -0.39 is 10.1 Å². The van der Waals surface area contributed by atoms with E-state index in [-0.39, 0.29) is 16.4 Å². The van der Waals surface area contributed by atoms with Gasteiger partial charge in [-0.3, -0.25) is 4.79 Å². The van der Waals surface area contributed by atoms with Crippen LogP contribution in [-0.2, 0) is 10.1 Å². The Labute approximate surface area is 156 Å². The second kappa shape index (κ2) is 7.68. The van der Waals surface area contributed by atoms with E-state index in [1.54, 1.807) is 41.7 Å². The maximum absolute atomic E-state index is 12.3. The fourth-order valence-electron chi connectivity index (χ4n) is 2.19. The number of carbonyl (C=O) groups excluding carboxylic acids is 1. The van der Waals surface area contributed by atoms with Crippen LogP contribution in [0.4, 0.5) is 0 Å². The molecule has 26 heavy (non-hydrogen) atoms. The molecule has 1 aromatic heterocycles. The highest BCUT2D eigenvalue weighted by Crippen LogP contribution is 2.20. The predicted molar refractivity (Wildman–Crippen MR) is 103 cm³/mol. The summed E-state index contributed by atoms with van der Waals surface area (Å²) in [5.74, 6) is -0.00398. The van der Waals surface area contributed by atoms with Crippen molar-refractivity contribution in [2.45, 2.75) is 11.8 Å². The third kappa shape index (κ3) is 4.47. The lowest BCUT2D eigenvalue weighted by Gasteiger charge is -2.07. The molecule has 0 bridgehead atoms. The zero-order valence-electron chi connectivity index (χ0n) is 14.0. The Kier molecular flexibility index (Phi) is 5.35. The monoisotopic (exact) mass is 384 g/mol. The third-order valence-corrected chi connectivity index (χ3v) is 5.70. The normalized spacial score (nSPS) is 11.6. The molecule has 0 aliphatic heterocycles. The molecule has 0 radical (unpaired) electrons. The quantitative estimate of drug-likeness (QED) is 0.350. The fourth-order valence-corrected chi connectivity index (χ4v) is 3.74. The molecular weight excluding hydrogens is 368 g/mol. The minimum Gasteiger partial charge on any atom is -0.379 e. The van der Waals surface area contributed by atoms with E-state index >= 15 is 0 Å². The Morgan fingerprint density at radius 3 is 2.31 bits per heavy atom. The van der Waals surface area contributed by atoms with Gasteiger partial charge in [-0.25, -0.2) is 0 Å². The van der Waals surface area contributed by atoms with Gasteiger partial charge in [-0.2, -0.15) is 8.42 Å². The molecule has 0 saturated carbocycles. The summed E-state index contributed by atoms with van der Waals surface area (Å²) in [5.41, 5.74) is 1.42. The van der Waals surface area contributed by atoms with Gasteiger partial charge in [0.2, 0.25) is 0 Å². The van der Waals surface area contributed by atoms with Gasteiger partial charge in [0, 0.05) is 10.4 Å². The first-order valence-corrected chi connectivity index (χ1v) is 10.1. The molecule has 1 heterocycles. The van der Waals surface area contributed by atoms with Crippen LogP contribution in [0.2, 0.25) is 0 Å². The SMILES string of the molecule is Cc1ccc(S(=O)(=O)Oc2ccc(C(=O)/C=C/c3cccs3)cc2)cc1. The topological polar surface area (TPSA) is 60.4 Å². The first kappa shape index (κ1) is 18.1. The average molecular weight is 384 g/mol. The van der Waals surface area contributed by atoms with E-state index in [9.17, 15) is 13.2 Å². The number of rotatable bonds is 6. The molecule has 6 heteroatoms. The summed E-state index contributed by atoms with van der Waals surface area (Å²) in [4.78, 5) is 13.2. The van der Waals surface area contributed by atoms with Crippen LogP contribution in [0, 0.1) is 6.92 Å². The highest BCUT2D eigenvalue weighted by atomic mass is 32.2. The Morgan fingerprint density at radius 1 is 1.00 bits per heavy atom. The van der Waals surface area contributed by atoms with Crippen LogP contribution < -0.4 is 4.18 Å². The van der Waals surface area contributed by atoms with Gasteiger partial charge in [0.1, 0.15) is 10.6 Å². The lowest BCUT2D eigenvalue weighted by molar-refractivity contribution is 0.104. The second-order valence-corrected chi connectivity index (χ2v) is 8.11. The number of thiophene rings is 1. The van der Waals surface area contributed by atoms with Crippen molar-refractivity contribution in [1.29, 1.82) is 0 Å². The van der Waals surface area contributed by atoms with Gasteiger partial charge in [0.15, 0.2) is 5.78 Å². The van der Waals surface area contributed by atoms with E-state index in [1.165, 1.54) is 30.3 Å². The molecule has 0 amide bonds. The number of aryl methyl sites for hydroxylation is 1. The Morgan fingerprint density at radius 2 is 1.69 bits per heavy atom. The largest absolute Gasteiger partial charge is 0.379 e. The Bertz CT molecular complexity index is 1010. The molecule has 3 aromatic rings. The van der Waals surface area contributed by atoms with E-state index in [1.807, 2.05) is 24.4 Å². The van der Waals surface area contributed by atoms with Crippen molar-refractivity contribution in [3.63, 3.8) is 0 Å². The van der Waals surface area contributed by atoms with Crippen LogP contribution in [0.25, 0.3) is 6.08 Å². The van der Waals surface area contributed by atoms with Crippen LogP contribution in [0.1, 0.15) is 20.8 Å². The van der Waals surface area contributed by atoms with Gasteiger partial charge in [-0.1, -0.05) is 23.8 Å². The van der Waals surface area contributed by atoms with Crippen molar-refractivity contribution in [3.05, 3.63) is 88.1 Å². The summed E-state index contributed by atoms with van der Waals surface area (Å²) in [6.45, 7) is 1.87. The molecule has 4 nitrogen and oxygen atoms in total. The first-order chi connectivity index (χ1) is 12.4. The lowest BCUT2D eigenvalue weighted by Crippen LogP contribution is -2.09. The summed E-state index contributed by atoms with van der Waals surface area (Å²) >= 11 is 1.54. The molecule has 0 spiro atoms. The average Bonchev–Trinajstić information content (AvgIpc) is 3.14. The summed E-state index contributed by atoms with van der Waals surface area (Å²) in [7, 11) is -3.90. The number of allylic oxidation sites excluding steroid dienone is 1. The zero-order valence-corrected chi connectivity index (χ0v) is 15.6. The van der Waals surface area contributed by atoms with E-state index in [2.05, 4.69) is 0 Å². The van der Waals surface area contributed by atoms with Crippen molar-refractivity contribution in [3.8, 4) is 5.75 Å². The number of carbonyl (C=O) groups is 1. The number of hydrogen-bond donors (Lipinski definition) is 0.